The summed E-state index contributed by atoms with van der Waals surface area (Å²) in [6.07, 6.45) is 4.77. The van der Waals surface area contributed by atoms with Crippen molar-refractivity contribution in [3.05, 3.63) is 105 Å². The average molecular weight is 632 g/mol. The van der Waals surface area contributed by atoms with Crippen molar-refractivity contribution >= 4 is 29.0 Å². The van der Waals surface area contributed by atoms with Crippen LogP contribution in [-0.2, 0) is 29.1 Å². The van der Waals surface area contributed by atoms with Crippen molar-refractivity contribution in [1.29, 1.82) is 0 Å². The second-order valence-corrected chi connectivity index (χ2v) is 12.1. The van der Waals surface area contributed by atoms with Gasteiger partial charge in [0, 0.05) is 43.0 Å². The highest BCUT2D eigenvalue weighted by Gasteiger charge is 2.27. The number of carboxylic acid groups (broad SMARTS) is 1. The van der Waals surface area contributed by atoms with Crippen LogP contribution in [0.4, 0.5) is 4.39 Å². The number of halogens is 1. The SMILES string of the molecule is CC1CN(C(=O)Cn2ccn3c(=O)c(OCc4ccccc4)c(-c4ncc(Cc5ccc(F)cc5C(=O)O)s4)nc23)CC(C)O1. The van der Waals surface area contributed by atoms with Crippen molar-refractivity contribution in [2.24, 2.45) is 0 Å². The minimum atomic E-state index is -1.23. The number of aromatic carboxylic acids is 1. The molecular weight excluding hydrogens is 601 g/mol. The molecule has 5 aromatic rings. The summed E-state index contributed by atoms with van der Waals surface area (Å²) in [4.78, 5) is 50.6. The summed E-state index contributed by atoms with van der Waals surface area (Å²) in [7, 11) is 0. The van der Waals surface area contributed by atoms with Gasteiger partial charge >= 0.3 is 11.5 Å². The zero-order valence-electron chi connectivity index (χ0n) is 24.6. The zero-order valence-corrected chi connectivity index (χ0v) is 25.4. The lowest BCUT2D eigenvalue weighted by Gasteiger charge is -2.35. The molecule has 4 heterocycles. The molecule has 2 unspecified atom stereocenters. The van der Waals surface area contributed by atoms with Crippen molar-refractivity contribution in [3.63, 3.8) is 0 Å². The van der Waals surface area contributed by atoms with Crippen LogP contribution >= 0.6 is 11.3 Å². The smallest absolute Gasteiger partial charge is 0.336 e. The third-order valence-electron chi connectivity index (χ3n) is 7.44. The number of rotatable bonds is 9. The molecule has 0 spiro atoms. The van der Waals surface area contributed by atoms with E-state index in [9.17, 15) is 23.9 Å². The summed E-state index contributed by atoms with van der Waals surface area (Å²) < 4.78 is 28.5. The Morgan fingerprint density at radius 1 is 1.11 bits per heavy atom. The number of morpholine rings is 1. The third-order valence-corrected chi connectivity index (χ3v) is 8.44. The molecule has 1 aliphatic heterocycles. The maximum atomic E-state index is 13.8. The number of thiazole rings is 1. The van der Waals surface area contributed by atoms with Crippen LogP contribution in [0.1, 0.15) is 40.2 Å². The first-order valence-corrected chi connectivity index (χ1v) is 15.2. The molecule has 0 saturated carbocycles. The quantitative estimate of drug-likeness (QED) is 0.256. The number of fused-ring (bicyclic) bond motifs is 1. The fraction of sp³-hybridized carbons (Fsp3) is 0.281. The largest absolute Gasteiger partial charge is 0.481 e. The Hall–Kier alpha value is -4.88. The summed E-state index contributed by atoms with van der Waals surface area (Å²) in [5.41, 5.74) is 0.866. The predicted octanol–water partition coefficient (Wildman–Crippen LogP) is 4.26. The van der Waals surface area contributed by atoms with Crippen LogP contribution in [0.25, 0.3) is 16.5 Å². The maximum Gasteiger partial charge on any atom is 0.336 e. The Bertz CT molecular complexity index is 1930. The highest BCUT2D eigenvalue weighted by Crippen LogP contribution is 2.32. The molecule has 232 valence electrons. The molecule has 45 heavy (non-hydrogen) atoms. The topological polar surface area (TPSA) is 128 Å². The number of amides is 1. The van der Waals surface area contributed by atoms with Crippen LogP contribution in [0.3, 0.4) is 0 Å². The van der Waals surface area contributed by atoms with E-state index in [2.05, 4.69) is 4.98 Å². The molecule has 1 aliphatic rings. The van der Waals surface area contributed by atoms with Gasteiger partial charge in [0.1, 0.15) is 24.0 Å². The van der Waals surface area contributed by atoms with Crippen molar-refractivity contribution < 1.29 is 28.6 Å². The summed E-state index contributed by atoms with van der Waals surface area (Å²) in [5, 5.41) is 9.95. The molecule has 0 radical (unpaired) electrons. The second-order valence-electron chi connectivity index (χ2n) is 10.9. The molecule has 1 amide bonds. The van der Waals surface area contributed by atoms with Crippen LogP contribution in [0.5, 0.6) is 5.75 Å². The Morgan fingerprint density at radius 2 is 1.87 bits per heavy atom. The van der Waals surface area contributed by atoms with E-state index in [0.717, 1.165) is 11.6 Å². The van der Waals surface area contributed by atoms with E-state index in [-0.39, 0.29) is 60.5 Å². The van der Waals surface area contributed by atoms with Gasteiger partial charge in [-0.15, -0.1) is 11.3 Å². The number of imidazole rings is 1. The number of carbonyl (C=O) groups is 2. The minimum absolute atomic E-state index is 0.00911. The lowest BCUT2D eigenvalue weighted by Crippen LogP contribution is -2.49. The first-order chi connectivity index (χ1) is 21.7. The predicted molar refractivity (Wildman–Crippen MR) is 164 cm³/mol. The number of carboxylic acids is 1. The highest BCUT2D eigenvalue weighted by molar-refractivity contribution is 7.15. The van der Waals surface area contributed by atoms with Gasteiger partial charge in [0.05, 0.1) is 17.8 Å². The van der Waals surface area contributed by atoms with Crippen molar-refractivity contribution in [2.75, 3.05) is 13.1 Å². The molecule has 2 atom stereocenters. The molecule has 13 heteroatoms. The van der Waals surface area contributed by atoms with E-state index >= 15 is 0 Å². The van der Waals surface area contributed by atoms with Gasteiger partial charge < -0.3 is 24.0 Å². The zero-order chi connectivity index (χ0) is 31.7. The van der Waals surface area contributed by atoms with Crippen molar-refractivity contribution in [3.8, 4) is 16.5 Å². The summed E-state index contributed by atoms with van der Waals surface area (Å²) >= 11 is 1.22. The maximum absolute atomic E-state index is 13.8. The lowest BCUT2D eigenvalue weighted by atomic mass is 10.0. The molecule has 1 fully saturated rings. The van der Waals surface area contributed by atoms with Gasteiger partial charge in [0.2, 0.25) is 17.4 Å². The average Bonchev–Trinajstić information content (AvgIpc) is 3.64. The fourth-order valence-corrected chi connectivity index (χ4v) is 6.32. The second kappa shape index (κ2) is 12.6. The molecule has 0 aliphatic carbocycles. The Balaban J connectivity index is 1.37. The Morgan fingerprint density at radius 3 is 2.60 bits per heavy atom. The summed E-state index contributed by atoms with van der Waals surface area (Å²) in [5.74, 6) is -1.76. The number of ether oxygens (including phenoxy) is 2. The number of aromatic nitrogens is 4. The normalized spacial score (nSPS) is 16.6. The molecule has 0 bridgehead atoms. The van der Waals surface area contributed by atoms with E-state index in [0.29, 0.717) is 28.5 Å². The van der Waals surface area contributed by atoms with Crippen LogP contribution in [0.2, 0.25) is 0 Å². The van der Waals surface area contributed by atoms with Crippen LogP contribution in [0.15, 0.2) is 71.9 Å². The standard InChI is InChI=1S/C32H30FN5O6S/c1-19-15-37(16-20(2)44-19)26(39)17-36-10-11-38-30(40)28(43-18-21-6-4-3-5-7-21)27(35-32(36)38)29-34-14-24(45-29)12-22-8-9-23(33)13-25(22)31(41)42/h3-11,13-14,19-20H,12,15-18H2,1-2H3,(H,41,42). The molecule has 2 aromatic carbocycles. The number of benzene rings is 2. The van der Waals surface area contributed by atoms with Gasteiger partial charge in [-0.1, -0.05) is 36.4 Å². The lowest BCUT2D eigenvalue weighted by molar-refractivity contribution is -0.143. The van der Waals surface area contributed by atoms with Crippen LogP contribution in [0, 0.1) is 5.82 Å². The van der Waals surface area contributed by atoms with Crippen molar-refractivity contribution in [2.45, 2.75) is 45.6 Å². The molecule has 3 aromatic heterocycles. The molecular formula is C32H30FN5O6S. The monoisotopic (exact) mass is 631 g/mol. The van der Waals surface area contributed by atoms with Gasteiger partial charge in [-0.2, -0.15) is 0 Å². The number of hydrogen-bond donors (Lipinski definition) is 1. The highest BCUT2D eigenvalue weighted by atomic mass is 32.1. The number of carbonyl (C=O) groups excluding carboxylic acids is 1. The van der Waals surface area contributed by atoms with Crippen molar-refractivity contribution in [1.82, 2.24) is 23.8 Å². The number of nitrogens with zero attached hydrogens (tertiary/aromatic N) is 5. The molecule has 1 saturated heterocycles. The van der Waals surface area contributed by atoms with E-state index in [1.54, 1.807) is 28.1 Å². The first-order valence-electron chi connectivity index (χ1n) is 14.3. The van der Waals surface area contributed by atoms with Gasteiger partial charge in [0.15, 0.2) is 5.69 Å². The minimum Gasteiger partial charge on any atom is -0.481 e. The van der Waals surface area contributed by atoms with E-state index < -0.39 is 17.3 Å². The fourth-order valence-electron chi connectivity index (χ4n) is 5.40. The van der Waals surface area contributed by atoms with E-state index in [1.165, 1.54) is 27.9 Å². The molecule has 1 N–H and O–H groups in total. The summed E-state index contributed by atoms with van der Waals surface area (Å²) in [6, 6.07) is 13.0. The van der Waals surface area contributed by atoms with Gasteiger partial charge in [0.25, 0.3) is 0 Å². The Kier molecular flexibility index (Phi) is 8.46. The van der Waals surface area contributed by atoms with Crippen LogP contribution in [-0.4, -0.2) is 66.1 Å². The molecule has 11 nitrogen and oxygen atoms in total. The van der Waals surface area contributed by atoms with Crippen LogP contribution < -0.4 is 10.3 Å². The third kappa shape index (κ3) is 6.49. The van der Waals surface area contributed by atoms with Gasteiger partial charge in [-0.05, 0) is 37.1 Å². The molecule has 6 rings (SSSR count). The van der Waals surface area contributed by atoms with Gasteiger partial charge in [-0.25, -0.2) is 23.6 Å². The number of hydrogen-bond acceptors (Lipinski definition) is 8. The Labute approximate surface area is 261 Å². The van der Waals surface area contributed by atoms with Gasteiger partial charge in [-0.3, -0.25) is 9.59 Å². The van der Waals surface area contributed by atoms with E-state index in [4.69, 9.17) is 14.5 Å². The summed E-state index contributed by atoms with van der Waals surface area (Å²) in [6.45, 7) is 4.87. The van der Waals surface area contributed by atoms with E-state index in [1.807, 2.05) is 44.2 Å². The first kappa shape index (κ1) is 30.2.